The van der Waals surface area contributed by atoms with Gasteiger partial charge in [0.2, 0.25) is 47.3 Å². The molecule has 0 aliphatic heterocycles. The summed E-state index contributed by atoms with van der Waals surface area (Å²) in [5, 5.41) is 39.5. The Kier molecular flexibility index (Phi) is 30.1. The predicted molar refractivity (Wildman–Crippen MR) is 256 cm³/mol. The number of carboxylic acids is 2. The van der Waals surface area contributed by atoms with E-state index in [0.29, 0.717) is 57.1 Å². The maximum Gasteiger partial charge on any atom is 0.326 e. The van der Waals surface area contributed by atoms with Gasteiger partial charge in [0.25, 0.3) is 0 Å². The Morgan fingerprint density at radius 1 is 0.600 bits per heavy atom. The summed E-state index contributed by atoms with van der Waals surface area (Å²) in [5.41, 5.74) is 16.8. The standard InChI is InChI=1S/C44H76N14O12/c1-5-8-14-28(37(63)50-24-35(60)53-32(43(69)70)18-13-20-49-44(46)47)54-38(64)29(15-9-6-2)55-39(65)30(16-10-7-3)56-42(68)34(22-36(61)62)58-40(66)31(17-11-12-19-45)57-41(67)33(52-26(4)59)21-27-23-48-25-51-27/h23,25,28-34H,5-22,24,45H2,1-4H3,(H,48,51)(H,50,63)(H,52,59)(H,53,60)(H,54,64)(H,55,65)(H,56,68)(H,57,67)(H,58,66)(H,61,62)(H,69,70)(H4,46,47,49)/t28-,29-,30-,31-,32-,33-,34-/m0/s1. The topological polar surface area (TPSA) is 426 Å². The van der Waals surface area contributed by atoms with Crippen LogP contribution in [-0.2, 0) is 54.4 Å². The molecule has 0 saturated carbocycles. The second-order valence-electron chi connectivity index (χ2n) is 16.8. The summed E-state index contributed by atoms with van der Waals surface area (Å²) >= 11 is 0. The quantitative estimate of drug-likeness (QED) is 0.0191. The number of hydrogen-bond acceptors (Lipinski definition) is 13. The fourth-order valence-corrected chi connectivity index (χ4v) is 6.91. The van der Waals surface area contributed by atoms with Gasteiger partial charge in [-0.2, -0.15) is 0 Å². The van der Waals surface area contributed by atoms with Crippen LogP contribution in [0.1, 0.15) is 130 Å². The minimum Gasteiger partial charge on any atom is -0.481 e. The van der Waals surface area contributed by atoms with Crippen molar-refractivity contribution in [3.8, 4) is 0 Å². The van der Waals surface area contributed by atoms with Gasteiger partial charge in [0, 0.05) is 31.8 Å². The first-order valence-corrected chi connectivity index (χ1v) is 23.8. The number of H-pyrrole nitrogens is 1. The van der Waals surface area contributed by atoms with E-state index in [4.69, 9.17) is 17.2 Å². The SMILES string of the molecule is CCCC[C@H](NC(=O)[C@H](CCCC)NC(=O)[C@H](CCCC)NC(=O)[C@H](CC(=O)O)NC(=O)[C@H](CCCCN)NC(=O)[C@H](Cc1cnc[nH]1)NC(C)=O)C(=O)NCC(=O)N[C@@H](CCCN=C(N)N)C(=O)O. The maximum atomic E-state index is 14.0. The van der Waals surface area contributed by atoms with Gasteiger partial charge in [-0.1, -0.05) is 59.3 Å². The number of imidazole rings is 1. The lowest BCUT2D eigenvalue weighted by Gasteiger charge is -2.27. The largest absolute Gasteiger partial charge is 0.481 e. The molecule has 0 radical (unpaired) electrons. The van der Waals surface area contributed by atoms with Crippen LogP contribution in [0.3, 0.4) is 0 Å². The summed E-state index contributed by atoms with van der Waals surface area (Å²) in [6.07, 6.45) is 6.49. The number of nitrogens with zero attached hydrogens (tertiary/aromatic N) is 2. The Labute approximate surface area is 407 Å². The van der Waals surface area contributed by atoms with Crippen LogP contribution < -0.4 is 59.7 Å². The number of amides is 8. The Morgan fingerprint density at radius 2 is 1.06 bits per heavy atom. The van der Waals surface area contributed by atoms with Gasteiger partial charge < -0.3 is 74.9 Å². The van der Waals surface area contributed by atoms with Crippen molar-refractivity contribution in [1.29, 1.82) is 0 Å². The molecule has 0 unspecified atom stereocenters. The van der Waals surface area contributed by atoms with Crippen molar-refractivity contribution >= 4 is 65.2 Å². The highest BCUT2D eigenvalue weighted by atomic mass is 16.4. The highest BCUT2D eigenvalue weighted by Gasteiger charge is 2.34. The monoisotopic (exact) mass is 993 g/mol. The molecule has 0 saturated heterocycles. The molecule has 1 heterocycles. The molecule has 1 aromatic heterocycles. The van der Waals surface area contributed by atoms with Gasteiger partial charge in [0.1, 0.15) is 42.3 Å². The normalized spacial score (nSPS) is 13.8. The molecule has 1 aromatic rings. The number of aliphatic imine (C=N–C) groups is 1. The van der Waals surface area contributed by atoms with Gasteiger partial charge in [-0.05, 0) is 57.9 Å². The second-order valence-corrected chi connectivity index (χ2v) is 16.8. The molecule has 0 aliphatic carbocycles. The van der Waals surface area contributed by atoms with Gasteiger partial charge in [0.05, 0.1) is 19.3 Å². The van der Waals surface area contributed by atoms with Gasteiger partial charge in [0.15, 0.2) is 5.96 Å². The van der Waals surface area contributed by atoms with E-state index in [9.17, 15) is 58.2 Å². The number of nitrogens with two attached hydrogens (primary N) is 3. The number of carbonyl (C=O) groups excluding carboxylic acids is 8. The Morgan fingerprint density at radius 3 is 1.49 bits per heavy atom. The molecule has 26 heteroatoms. The molecule has 7 atom stereocenters. The summed E-state index contributed by atoms with van der Waals surface area (Å²) in [7, 11) is 0. The lowest BCUT2D eigenvalue weighted by Crippen LogP contribution is -2.60. The number of nitrogens with one attached hydrogen (secondary N) is 9. The second kappa shape index (κ2) is 34.4. The number of aliphatic carboxylic acids is 2. The third kappa shape index (κ3) is 25.5. The number of guanidine groups is 1. The van der Waals surface area contributed by atoms with E-state index in [1.54, 1.807) is 0 Å². The molecule has 17 N–H and O–H groups in total. The van der Waals surface area contributed by atoms with Crippen LogP contribution in [-0.4, -0.2) is 147 Å². The molecule has 0 spiro atoms. The summed E-state index contributed by atoms with van der Waals surface area (Å²) in [4.78, 5) is 141. The molecule has 70 heavy (non-hydrogen) atoms. The number of carbonyl (C=O) groups is 10. The summed E-state index contributed by atoms with van der Waals surface area (Å²) in [5.74, 6) is -9.24. The number of aromatic nitrogens is 2. The van der Waals surface area contributed by atoms with Crippen molar-refractivity contribution in [3.63, 3.8) is 0 Å². The molecule has 394 valence electrons. The van der Waals surface area contributed by atoms with E-state index >= 15 is 0 Å². The third-order valence-electron chi connectivity index (χ3n) is 10.7. The van der Waals surface area contributed by atoms with E-state index in [1.807, 2.05) is 20.8 Å². The van der Waals surface area contributed by atoms with Crippen LogP contribution >= 0.6 is 0 Å². The zero-order chi connectivity index (χ0) is 52.6. The van der Waals surface area contributed by atoms with Crippen molar-refractivity contribution in [2.24, 2.45) is 22.2 Å². The number of carboxylic acid groups (broad SMARTS) is 2. The fourth-order valence-electron chi connectivity index (χ4n) is 6.91. The Bertz CT molecular complexity index is 1880. The molecular weight excluding hydrogens is 917 g/mol. The van der Waals surface area contributed by atoms with Gasteiger partial charge >= 0.3 is 11.9 Å². The van der Waals surface area contributed by atoms with E-state index in [-0.39, 0.29) is 64.0 Å². The number of hydrogen-bond donors (Lipinski definition) is 14. The van der Waals surface area contributed by atoms with Crippen molar-refractivity contribution in [3.05, 3.63) is 18.2 Å². The average molecular weight is 993 g/mol. The van der Waals surface area contributed by atoms with Gasteiger partial charge in [-0.3, -0.25) is 48.1 Å². The lowest BCUT2D eigenvalue weighted by atomic mass is 10.0. The number of aromatic amines is 1. The van der Waals surface area contributed by atoms with Crippen LogP contribution in [0.15, 0.2) is 17.5 Å². The zero-order valence-corrected chi connectivity index (χ0v) is 40.7. The van der Waals surface area contributed by atoms with E-state index in [0.717, 1.165) is 0 Å². The van der Waals surface area contributed by atoms with Crippen LogP contribution in [0, 0.1) is 0 Å². The van der Waals surface area contributed by atoms with Crippen LogP contribution in [0.4, 0.5) is 0 Å². The van der Waals surface area contributed by atoms with Crippen molar-refractivity contribution in [1.82, 2.24) is 52.5 Å². The van der Waals surface area contributed by atoms with Crippen molar-refractivity contribution in [2.75, 3.05) is 19.6 Å². The van der Waals surface area contributed by atoms with Gasteiger partial charge in [-0.15, -0.1) is 0 Å². The number of unbranched alkanes of at least 4 members (excludes halogenated alkanes) is 4. The summed E-state index contributed by atoms with van der Waals surface area (Å²) < 4.78 is 0. The predicted octanol–water partition coefficient (Wildman–Crippen LogP) is -2.21. The molecule has 0 bridgehead atoms. The minimum absolute atomic E-state index is 0.00364. The highest BCUT2D eigenvalue weighted by molar-refractivity contribution is 5.98. The first kappa shape index (κ1) is 61.2. The van der Waals surface area contributed by atoms with Crippen molar-refractivity contribution < 1.29 is 58.2 Å². The maximum absolute atomic E-state index is 14.0. The molecular formula is C44H76N14O12. The van der Waals surface area contributed by atoms with Crippen LogP contribution in [0.5, 0.6) is 0 Å². The third-order valence-corrected chi connectivity index (χ3v) is 10.7. The van der Waals surface area contributed by atoms with Crippen molar-refractivity contribution in [2.45, 2.75) is 173 Å². The van der Waals surface area contributed by atoms with E-state index in [2.05, 4.69) is 57.5 Å². The van der Waals surface area contributed by atoms with E-state index in [1.165, 1.54) is 19.4 Å². The molecule has 0 fully saturated rings. The van der Waals surface area contributed by atoms with Crippen LogP contribution in [0.25, 0.3) is 0 Å². The molecule has 0 aromatic carbocycles. The van der Waals surface area contributed by atoms with E-state index < -0.39 is 114 Å². The molecule has 26 nitrogen and oxygen atoms in total. The number of rotatable bonds is 37. The smallest absolute Gasteiger partial charge is 0.326 e. The highest BCUT2D eigenvalue weighted by Crippen LogP contribution is 2.10. The first-order chi connectivity index (χ1) is 33.3. The first-order valence-electron chi connectivity index (χ1n) is 23.8. The lowest BCUT2D eigenvalue weighted by molar-refractivity contribution is -0.142. The Hall–Kier alpha value is -6.86. The summed E-state index contributed by atoms with van der Waals surface area (Å²) in [6, 6.07) is -9.17. The molecule has 0 aliphatic rings. The molecule has 1 rings (SSSR count). The minimum atomic E-state index is -1.74. The van der Waals surface area contributed by atoms with Crippen LogP contribution in [0.2, 0.25) is 0 Å². The fraction of sp³-hybridized carbons (Fsp3) is 0.682. The summed E-state index contributed by atoms with van der Waals surface area (Å²) in [6.45, 7) is 6.56. The Balaban J connectivity index is 3.27. The zero-order valence-electron chi connectivity index (χ0n) is 40.7. The van der Waals surface area contributed by atoms with Gasteiger partial charge in [-0.25, -0.2) is 9.78 Å². The molecule has 8 amide bonds. The average Bonchev–Trinajstić information content (AvgIpc) is 3.82.